The summed E-state index contributed by atoms with van der Waals surface area (Å²) in [6.45, 7) is 5.55. The van der Waals surface area contributed by atoms with Gasteiger partial charge in [-0.05, 0) is 24.3 Å². The van der Waals surface area contributed by atoms with Crippen LogP contribution in [0, 0.1) is 17.8 Å². The number of ether oxygens (including phenoxy) is 1. The molecule has 1 heteroatoms. The van der Waals surface area contributed by atoms with E-state index in [2.05, 4.69) is 19.9 Å². The standard InChI is InChI=1S/C9H14O/c1-6(2)7-3-8-5-10-9(8)4-7/h4,6-8H,3,5H2,1-2H3. The number of hydrogen-bond donors (Lipinski definition) is 0. The minimum absolute atomic E-state index is 0.793. The summed E-state index contributed by atoms with van der Waals surface area (Å²) >= 11 is 0. The average Bonchev–Trinajstić information content (AvgIpc) is 2.09. The Labute approximate surface area is 62.1 Å². The zero-order valence-corrected chi connectivity index (χ0v) is 6.63. The molecule has 1 aliphatic carbocycles. The first-order valence-corrected chi connectivity index (χ1v) is 4.12. The molecular weight excluding hydrogens is 124 g/mol. The highest BCUT2D eigenvalue weighted by Gasteiger charge is 2.35. The maximum Gasteiger partial charge on any atom is 0.0988 e. The predicted molar refractivity (Wildman–Crippen MR) is 40.5 cm³/mol. The third kappa shape index (κ3) is 0.764. The van der Waals surface area contributed by atoms with Gasteiger partial charge in [0.25, 0.3) is 0 Å². The van der Waals surface area contributed by atoms with Gasteiger partial charge in [-0.15, -0.1) is 0 Å². The highest BCUT2D eigenvalue weighted by atomic mass is 16.5. The minimum Gasteiger partial charge on any atom is -0.497 e. The van der Waals surface area contributed by atoms with E-state index in [0.717, 1.165) is 24.4 Å². The Morgan fingerprint density at radius 3 is 2.70 bits per heavy atom. The maximum atomic E-state index is 5.30. The second kappa shape index (κ2) is 2.01. The Balaban J connectivity index is 2.04. The molecule has 56 valence electrons. The van der Waals surface area contributed by atoms with Crippen molar-refractivity contribution in [2.75, 3.05) is 6.61 Å². The first-order chi connectivity index (χ1) is 4.77. The molecule has 1 heterocycles. The zero-order chi connectivity index (χ0) is 7.14. The molecule has 0 saturated carbocycles. The average molecular weight is 138 g/mol. The van der Waals surface area contributed by atoms with Crippen LogP contribution in [0.25, 0.3) is 0 Å². The third-order valence-electron chi connectivity index (χ3n) is 2.64. The Bertz CT molecular complexity index is 170. The van der Waals surface area contributed by atoms with Crippen molar-refractivity contribution < 1.29 is 4.74 Å². The molecule has 2 atom stereocenters. The topological polar surface area (TPSA) is 9.23 Å². The number of hydrogen-bond acceptors (Lipinski definition) is 1. The molecular formula is C9H14O. The summed E-state index contributed by atoms with van der Waals surface area (Å²) < 4.78 is 5.30. The molecule has 0 aromatic rings. The van der Waals surface area contributed by atoms with E-state index in [4.69, 9.17) is 4.74 Å². The van der Waals surface area contributed by atoms with E-state index in [1.54, 1.807) is 0 Å². The van der Waals surface area contributed by atoms with Crippen LogP contribution in [0.4, 0.5) is 0 Å². The molecule has 0 aromatic carbocycles. The van der Waals surface area contributed by atoms with E-state index < -0.39 is 0 Å². The van der Waals surface area contributed by atoms with E-state index in [-0.39, 0.29) is 0 Å². The second-order valence-electron chi connectivity index (χ2n) is 3.72. The lowest BCUT2D eigenvalue weighted by molar-refractivity contribution is 0.0529. The van der Waals surface area contributed by atoms with Crippen LogP contribution in [0.3, 0.4) is 0 Å². The van der Waals surface area contributed by atoms with Gasteiger partial charge in [-0.1, -0.05) is 13.8 Å². The second-order valence-corrected chi connectivity index (χ2v) is 3.72. The molecule has 1 fully saturated rings. The summed E-state index contributed by atoms with van der Waals surface area (Å²) in [5.41, 5.74) is 0. The molecule has 0 radical (unpaired) electrons. The quantitative estimate of drug-likeness (QED) is 0.539. The van der Waals surface area contributed by atoms with Crippen LogP contribution in [-0.4, -0.2) is 6.61 Å². The van der Waals surface area contributed by atoms with Gasteiger partial charge in [0.1, 0.15) is 0 Å². The van der Waals surface area contributed by atoms with Crippen LogP contribution in [0.5, 0.6) is 0 Å². The van der Waals surface area contributed by atoms with Crippen molar-refractivity contribution >= 4 is 0 Å². The normalized spacial score (nSPS) is 36.5. The van der Waals surface area contributed by atoms with Crippen LogP contribution in [0.1, 0.15) is 20.3 Å². The third-order valence-corrected chi connectivity index (χ3v) is 2.64. The molecule has 1 nitrogen and oxygen atoms in total. The largest absolute Gasteiger partial charge is 0.497 e. The number of rotatable bonds is 1. The first-order valence-electron chi connectivity index (χ1n) is 4.12. The molecule has 2 aliphatic rings. The molecule has 0 bridgehead atoms. The molecule has 0 spiro atoms. The Hall–Kier alpha value is -0.460. The van der Waals surface area contributed by atoms with Crippen LogP contribution in [0.15, 0.2) is 11.8 Å². The van der Waals surface area contributed by atoms with Crippen molar-refractivity contribution in [2.24, 2.45) is 17.8 Å². The molecule has 2 rings (SSSR count). The fourth-order valence-electron chi connectivity index (χ4n) is 1.74. The molecule has 10 heavy (non-hydrogen) atoms. The van der Waals surface area contributed by atoms with Crippen LogP contribution >= 0.6 is 0 Å². The van der Waals surface area contributed by atoms with Gasteiger partial charge in [0.05, 0.1) is 18.3 Å². The van der Waals surface area contributed by atoms with Crippen molar-refractivity contribution in [3.8, 4) is 0 Å². The highest BCUT2D eigenvalue weighted by molar-refractivity contribution is 5.15. The van der Waals surface area contributed by atoms with Crippen LogP contribution in [0.2, 0.25) is 0 Å². The van der Waals surface area contributed by atoms with Crippen molar-refractivity contribution in [1.29, 1.82) is 0 Å². The van der Waals surface area contributed by atoms with Gasteiger partial charge in [-0.3, -0.25) is 0 Å². The van der Waals surface area contributed by atoms with Gasteiger partial charge in [0.2, 0.25) is 0 Å². The van der Waals surface area contributed by atoms with Gasteiger partial charge in [-0.2, -0.15) is 0 Å². The van der Waals surface area contributed by atoms with Crippen molar-refractivity contribution in [2.45, 2.75) is 20.3 Å². The Morgan fingerprint density at radius 1 is 1.60 bits per heavy atom. The van der Waals surface area contributed by atoms with Gasteiger partial charge in [-0.25, -0.2) is 0 Å². The fraction of sp³-hybridized carbons (Fsp3) is 0.778. The summed E-state index contributed by atoms with van der Waals surface area (Å²) in [5.74, 6) is 3.66. The van der Waals surface area contributed by atoms with Crippen LogP contribution in [-0.2, 0) is 4.74 Å². The van der Waals surface area contributed by atoms with Crippen molar-refractivity contribution in [1.82, 2.24) is 0 Å². The summed E-state index contributed by atoms with van der Waals surface area (Å²) in [6, 6.07) is 0. The zero-order valence-electron chi connectivity index (χ0n) is 6.63. The molecule has 0 N–H and O–H groups in total. The summed E-state index contributed by atoms with van der Waals surface area (Å²) in [4.78, 5) is 0. The number of allylic oxidation sites excluding steroid dienone is 1. The smallest absolute Gasteiger partial charge is 0.0988 e. The van der Waals surface area contributed by atoms with Gasteiger partial charge < -0.3 is 4.74 Å². The van der Waals surface area contributed by atoms with Gasteiger partial charge in [0.15, 0.2) is 0 Å². The first kappa shape index (κ1) is 6.26. The molecule has 1 aliphatic heterocycles. The molecule has 0 amide bonds. The maximum absolute atomic E-state index is 5.30. The lowest BCUT2D eigenvalue weighted by Gasteiger charge is -2.26. The minimum atomic E-state index is 0.793. The van der Waals surface area contributed by atoms with E-state index in [1.807, 2.05) is 0 Å². The lowest BCUT2D eigenvalue weighted by Crippen LogP contribution is -2.21. The van der Waals surface area contributed by atoms with Gasteiger partial charge in [0, 0.05) is 0 Å². The highest BCUT2D eigenvalue weighted by Crippen LogP contribution is 2.41. The summed E-state index contributed by atoms with van der Waals surface area (Å²) in [5, 5.41) is 0. The van der Waals surface area contributed by atoms with Crippen LogP contribution < -0.4 is 0 Å². The molecule has 0 aromatic heterocycles. The Morgan fingerprint density at radius 2 is 2.40 bits per heavy atom. The van der Waals surface area contributed by atoms with Gasteiger partial charge >= 0.3 is 0 Å². The monoisotopic (exact) mass is 138 g/mol. The van der Waals surface area contributed by atoms with E-state index in [0.29, 0.717) is 0 Å². The summed E-state index contributed by atoms with van der Waals surface area (Å²) in [6.07, 6.45) is 3.66. The summed E-state index contributed by atoms with van der Waals surface area (Å²) in [7, 11) is 0. The molecule has 1 saturated heterocycles. The number of fused-ring (bicyclic) bond motifs is 1. The van der Waals surface area contributed by atoms with Crippen molar-refractivity contribution in [3.63, 3.8) is 0 Å². The Kier molecular flexibility index (Phi) is 1.26. The van der Waals surface area contributed by atoms with E-state index in [9.17, 15) is 0 Å². The fourth-order valence-corrected chi connectivity index (χ4v) is 1.74. The SMILES string of the molecule is CC(C)C1C=C2OCC2C1. The van der Waals surface area contributed by atoms with Crippen molar-refractivity contribution in [3.05, 3.63) is 11.8 Å². The predicted octanol–water partition coefficient (Wildman–Crippen LogP) is 2.19. The van der Waals surface area contributed by atoms with E-state index in [1.165, 1.54) is 12.2 Å². The van der Waals surface area contributed by atoms with E-state index >= 15 is 0 Å². The lowest BCUT2D eigenvalue weighted by atomic mass is 9.92. The molecule has 2 unspecified atom stereocenters.